The molecule has 2 aromatic rings. The van der Waals surface area contributed by atoms with E-state index in [4.69, 9.17) is 0 Å². The molecule has 2 aliphatic rings. The molecule has 1 atom stereocenters. The molecule has 146 valence electrons. The molecule has 2 aromatic carbocycles. The molecule has 1 unspecified atom stereocenters. The van der Waals surface area contributed by atoms with E-state index in [9.17, 15) is 9.59 Å². The monoisotopic (exact) mass is 442 g/mol. The number of nitrogens with zero attached hydrogens (tertiary/aromatic N) is 3. The van der Waals surface area contributed by atoms with Crippen molar-refractivity contribution >= 4 is 33.6 Å². The largest absolute Gasteiger partial charge is 0.329 e. The molecule has 28 heavy (non-hydrogen) atoms. The Labute approximate surface area is 173 Å². The standard InChI is InChI=1S/C21H23BrN4O2/c22-17-6-8-18(9-7-17)26-20(27)14-19(23-21(26)28)25-12-10-24(11-13-25)15-16-4-2-1-3-5-16/h1-9,19H,10-15H2,(H,23,28). The molecule has 2 saturated heterocycles. The van der Waals surface area contributed by atoms with Gasteiger partial charge in [0.05, 0.1) is 18.3 Å². The highest BCUT2D eigenvalue weighted by molar-refractivity contribution is 9.10. The number of hydrogen-bond acceptors (Lipinski definition) is 4. The van der Waals surface area contributed by atoms with Gasteiger partial charge < -0.3 is 5.32 Å². The first-order valence-corrected chi connectivity index (χ1v) is 10.3. The fourth-order valence-electron chi connectivity index (χ4n) is 3.77. The summed E-state index contributed by atoms with van der Waals surface area (Å²) in [6.07, 6.45) is 0.0612. The van der Waals surface area contributed by atoms with Crippen LogP contribution in [0.25, 0.3) is 0 Å². The zero-order chi connectivity index (χ0) is 19.5. The minimum atomic E-state index is -0.352. The maximum Gasteiger partial charge on any atom is 0.329 e. The van der Waals surface area contributed by atoms with Crippen molar-refractivity contribution in [2.45, 2.75) is 19.1 Å². The summed E-state index contributed by atoms with van der Waals surface area (Å²) in [5.41, 5.74) is 1.90. The number of benzene rings is 2. The van der Waals surface area contributed by atoms with Crippen molar-refractivity contribution in [3.05, 3.63) is 64.6 Å². The third-order valence-corrected chi connectivity index (χ3v) is 5.82. The van der Waals surface area contributed by atoms with Crippen LogP contribution in [-0.2, 0) is 11.3 Å². The summed E-state index contributed by atoms with van der Waals surface area (Å²) in [4.78, 5) is 31.1. The van der Waals surface area contributed by atoms with Crippen molar-refractivity contribution < 1.29 is 9.59 Å². The minimum Gasteiger partial charge on any atom is -0.321 e. The van der Waals surface area contributed by atoms with Gasteiger partial charge in [0.25, 0.3) is 0 Å². The SMILES string of the molecule is O=C1CC(N2CCN(Cc3ccccc3)CC2)NC(=O)N1c1ccc(Br)cc1. The van der Waals surface area contributed by atoms with Crippen LogP contribution in [0.1, 0.15) is 12.0 Å². The smallest absolute Gasteiger partial charge is 0.321 e. The number of amides is 3. The van der Waals surface area contributed by atoms with Gasteiger partial charge in [-0.2, -0.15) is 0 Å². The van der Waals surface area contributed by atoms with Gasteiger partial charge >= 0.3 is 6.03 Å². The van der Waals surface area contributed by atoms with Crippen LogP contribution in [0, 0.1) is 0 Å². The van der Waals surface area contributed by atoms with Crippen molar-refractivity contribution in [1.82, 2.24) is 15.1 Å². The van der Waals surface area contributed by atoms with Crippen molar-refractivity contribution in [2.24, 2.45) is 0 Å². The van der Waals surface area contributed by atoms with Crippen LogP contribution < -0.4 is 10.2 Å². The number of anilines is 1. The first kappa shape index (κ1) is 19.1. The number of imide groups is 1. The van der Waals surface area contributed by atoms with Gasteiger partial charge in [-0.05, 0) is 29.8 Å². The average molecular weight is 443 g/mol. The molecular weight excluding hydrogens is 420 g/mol. The van der Waals surface area contributed by atoms with E-state index < -0.39 is 0 Å². The Morgan fingerprint density at radius 1 is 0.929 bits per heavy atom. The van der Waals surface area contributed by atoms with Crippen LogP contribution in [0.3, 0.4) is 0 Å². The number of urea groups is 1. The lowest BCUT2D eigenvalue weighted by molar-refractivity contribution is -0.120. The Morgan fingerprint density at radius 2 is 1.61 bits per heavy atom. The van der Waals surface area contributed by atoms with Crippen LogP contribution in [0.2, 0.25) is 0 Å². The molecule has 0 spiro atoms. The molecule has 0 aromatic heterocycles. The van der Waals surface area contributed by atoms with E-state index in [0.29, 0.717) is 12.1 Å². The topological polar surface area (TPSA) is 55.9 Å². The number of piperazine rings is 1. The van der Waals surface area contributed by atoms with Gasteiger partial charge in [-0.3, -0.25) is 14.6 Å². The van der Waals surface area contributed by atoms with Gasteiger partial charge in [0.1, 0.15) is 0 Å². The fraction of sp³-hybridized carbons (Fsp3) is 0.333. The van der Waals surface area contributed by atoms with Gasteiger partial charge in [0.15, 0.2) is 0 Å². The van der Waals surface area contributed by atoms with Gasteiger partial charge in [-0.25, -0.2) is 9.69 Å². The van der Waals surface area contributed by atoms with E-state index in [-0.39, 0.29) is 18.1 Å². The molecule has 7 heteroatoms. The minimum absolute atomic E-state index is 0.164. The third kappa shape index (κ3) is 4.27. The van der Waals surface area contributed by atoms with Crippen LogP contribution in [0.15, 0.2) is 59.1 Å². The Balaban J connectivity index is 1.34. The van der Waals surface area contributed by atoms with Crippen LogP contribution >= 0.6 is 15.9 Å². The molecule has 0 bridgehead atoms. The molecule has 2 heterocycles. The highest BCUT2D eigenvalue weighted by atomic mass is 79.9. The highest BCUT2D eigenvalue weighted by Crippen LogP contribution is 2.23. The predicted octanol–water partition coefficient (Wildman–Crippen LogP) is 3.04. The number of carbonyl (C=O) groups is 2. The second-order valence-corrected chi connectivity index (χ2v) is 8.09. The van der Waals surface area contributed by atoms with E-state index in [1.165, 1.54) is 10.5 Å². The first-order chi connectivity index (χ1) is 13.6. The lowest BCUT2D eigenvalue weighted by Gasteiger charge is -2.42. The van der Waals surface area contributed by atoms with Crippen LogP contribution in [-0.4, -0.2) is 54.1 Å². The maximum absolute atomic E-state index is 12.7. The molecule has 3 amide bonds. The fourth-order valence-corrected chi connectivity index (χ4v) is 4.04. The Morgan fingerprint density at radius 3 is 2.25 bits per heavy atom. The summed E-state index contributed by atoms with van der Waals surface area (Å²) < 4.78 is 0.910. The zero-order valence-electron chi connectivity index (χ0n) is 15.6. The zero-order valence-corrected chi connectivity index (χ0v) is 17.1. The number of hydrogen-bond donors (Lipinski definition) is 1. The van der Waals surface area contributed by atoms with Crippen molar-refractivity contribution in [1.29, 1.82) is 0 Å². The molecule has 2 fully saturated rings. The molecular formula is C21H23BrN4O2. The Kier molecular flexibility index (Phi) is 5.75. The van der Waals surface area contributed by atoms with E-state index in [2.05, 4.69) is 55.3 Å². The van der Waals surface area contributed by atoms with Gasteiger partial charge in [-0.15, -0.1) is 0 Å². The molecule has 1 N–H and O–H groups in total. The average Bonchev–Trinajstić information content (AvgIpc) is 2.70. The Hall–Kier alpha value is -2.22. The number of halogens is 1. The predicted molar refractivity (Wildman–Crippen MR) is 112 cm³/mol. The molecule has 0 aliphatic carbocycles. The second kappa shape index (κ2) is 8.43. The summed E-state index contributed by atoms with van der Waals surface area (Å²) in [6.45, 7) is 4.45. The lowest BCUT2D eigenvalue weighted by atomic mass is 10.1. The van der Waals surface area contributed by atoms with Gasteiger partial charge in [0, 0.05) is 37.2 Å². The first-order valence-electron chi connectivity index (χ1n) is 9.49. The molecule has 0 radical (unpaired) electrons. The number of carbonyl (C=O) groups excluding carboxylic acids is 2. The lowest BCUT2D eigenvalue weighted by Crippen LogP contribution is -2.63. The maximum atomic E-state index is 12.7. The van der Waals surface area contributed by atoms with Crippen molar-refractivity contribution in [2.75, 3.05) is 31.1 Å². The molecule has 0 saturated carbocycles. The van der Waals surface area contributed by atoms with Gasteiger partial charge in [-0.1, -0.05) is 46.3 Å². The molecule has 6 nitrogen and oxygen atoms in total. The van der Waals surface area contributed by atoms with Crippen LogP contribution in [0.5, 0.6) is 0 Å². The van der Waals surface area contributed by atoms with Crippen LogP contribution in [0.4, 0.5) is 10.5 Å². The van der Waals surface area contributed by atoms with Gasteiger partial charge in [0.2, 0.25) is 5.91 Å². The summed E-state index contributed by atoms with van der Waals surface area (Å²) >= 11 is 3.37. The Bertz CT molecular complexity index is 817. The van der Waals surface area contributed by atoms with E-state index in [1.807, 2.05) is 18.2 Å². The second-order valence-electron chi connectivity index (χ2n) is 7.17. The summed E-state index contributed by atoms with van der Waals surface area (Å²) in [6, 6.07) is 17.3. The van der Waals surface area contributed by atoms with Crippen molar-refractivity contribution in [3.63, 3.8) is 0 Å². The summed E-state index contributed by atoms with van der Waals surface area (Å²) in [5.74, 6) is -0.164. The van der Waals surface area contributed by atoms with Crippen molar-refractivity contribution in [3.8, 4) is 0 Å². The quantitative estimate of drug-likeness (QED) is 0.790. The van der Waals surface area contributed by atoms with E-state index in [0.717, 1.165) is 37.2 Å². The summed E-state index contributed by atoms with van der Waals surface area (Å²) in [7, 11) is 0. The molecule has 2 aliphatic heterocycles. The number of nitrogens with one attached hydrogen (secondary N) is 1. The van der Waals surface area contributed by atoms with E-state index in [1.54, 1.807) is 12.1 Å². The third-order valence-electron chi connectivity index (χ3n) is 5.29. The van der Waals surface area contributed by atoms with E-state index >= 15 is 0 Å². The number of rotatable bonds is 4. The normalized spacial score (nSPS) is 21.6. The molecule has 4 rings (SSSR count). The highest BCUT2D eigenvalue weighted by Gasteiger charge is 2.36. The summed E-state index contributed by atoms with van der Waals surface area (Å²) in [5, 5.41) is 3.01.